The molecule has 2 N–H and O–H groups in total. The molecular formula is C23H30FN3O2. The van der Waals surface area contributed by atoms with Crippen molar-refractivity contribution < 1.29 is 13.9 Å². The van der Waals surface area contributed by atoms with Crippen LogP contribution < -0.4 is 15.4 Å². The number of ether oxygens (including phenoxy) is 1. The fraction of sp³-hybridized carbons (Fsp3) is 0.435. The zero-order valence-electron chi connectivity index (χ0n) is 17.4. The third-order valence-electron chi connectivity index (χ3n) is 5.42. The van der Waals surface area contributed by atoms with Gasteiger partial charge in [0.2, 0.25) is 0 Å². The Balaban J connectivity index is 1.46. The summed E-state index contributed by atoms with van der Waals surface area (Å²) in [4.78, 5) is 14.8. The second-order valence-corrected chi connectivity index (χ2v) is 7.77. The topological polar surface area (TPSA) is 53.6 Å². The maximum Gasteiger partial charge on any atom is 0.315 e. The van der Waals surface area contributed by atoms with Crippen molar-refractivity contribution >= 4 is 6.03 Å². The fourth-order valence-corrected chi connectivity index (χ4v) is 3.85. The van der Waals surface area contributed by atoms with Crippen molar-refractivity contribution in [2.24, 2.45) is 0 Å². The Morgan fingerprint density at radius 1 is 1.24 bits per heavy atom. The van der Waals surface area contributed by atoms with Crippen molar-refractivity contribution in [1.82, 2.24) is 15.5 Å². The molecule has 29 heavy (non-hydrogen) atoms. The SMILES string of the molecule is COc1ccc(F)cc1[C@@H](C)NC(=O)NC1CCN(Cc2cccc(C)c2)CC1. The zero-order valence-corrected chi connectivity index (χ0v) is 17.4. The number of aryl methyl sites for hydroxylation is 1. The van der Waals surface area contributed by atoms with Crippen LogP contribution in [0.1, 0.15) is 42.5 Å². The summed E-state index contributed by atoms with van der Waals surface area (Å²) in [7, 11) is 1.54. The molecule has 5 nitrogen and oxygen atoms in total. The molecule has 6 heteroatoms. The molecule has 1 fully saturated rings. The van der Waals surface area contributed by atoms with E-state index in [1.807, 2.05) is 6.92 Å². The lowest BCUT2D eigenvalue weighted by Crippen LogP contribution is -2.48. The van der Waals surface area contributed by atoms with Gasteiger partial charge in [-0.2, -0.15) is 0 Å². The molecule has 1 heterocycles. The van der Waals surface area contributed by atoms with Crippen LogP contribution in [-0.2, 0) is 6.54 Å². The van der Waals surface area contributed by atoms with Crippen molar-refractivity contribution in [3.8, 4) is 5.75 Å². The van der Waals surface area contributed by atoms with Gasteiger partial charge < -0.3 is 15.4 Å². The highest BCUT2D eigenvalue weighted by molar-refractivity contribution is 5.74. The van der Waals surface area contributed by atoms with Crippen LogP contribution in [-0.4, -0.2) is 37.2 Å². The third kappa shape index (κ3) is 5.94. The number of carbonyl (C=O) groups excluding carboxylic acids is 1. The molecule has 0 unspecified atom stereocenters. The maximum atomic E-state index is 13.6. The molecule has 2 aromatic carbocycles. The average molecular weight is 400 g/mol. The smallest absolute Gasteiger partial charge is 0.315 e. The van der Waals surface area contributed by atoms with E-state index in [0.29, 0.717) is 11.3 Å². The molecule has 156 valence electrons. The Morgan fingerprint density at radius 2 is 2.00 bits per heavy atom. The summed E-state index contributed by atoms with van der Waals surface area (Å²) < 4.78 is 18.9. The summed E-state index contributed by atoms with van der Waals surface area (Å²) in [5.74, 6) is 0.208. The number of rotatable bonds is 6. The van der Waals surface area contributed by atoms with Crippen LogP contribution in [0.15, 0.2) is 42.5 Å². The normalized spacial score (nSPS) is 16.3. The van der Waals surface area contributed by atoms with E-state index in [9.17, 15) is 9.18 Å². The number of nitrogens with zero attached hydrogens (tertiary/aromatic N) is 1. The van der Waals surface area contributed by atoms with Crippen LogP contribution in [0, 0.1) is 12.7 Å². The number of nitrogens with one attached hydrogen (secondary N) is 2. The van der Waals surface area contributed by atoms with Gasteiger partial charge in [0.15, 0.2) is 0 Å². The Bertz CT molecular complexity index is 835. The van der Waals surface area contributed by atoms with Gasteiger partial charge in [-0.05, 0) is 50.5 Å². The van der Waals surface area contributed by atoms with Gasteiger partial charge in [-0.25, -0.2) is 9.18 Å². The molecule has 0 bridgehead atoms. The number of halogens is 1. The third-order valence-corrected chi connectivity index (χ3v) is 5.42. The predicted molar refractivity (Wildman–Crippen MR) is 113 cm³/mol. The Hall–Kier alpha value is -2.60. The van der Waals surface area contributed by atoms with E-state index in [-0.39, 0.29) is 23.9 Å². The van der Waals surface area contributed by atoms with Crippen molar-refractivity contribution in [1.29, 1.82) is 0 Å². The first-order chi connectivity index (χ1) is 13.9. The number of piperidine rings is 1. The molecule has 0 spiro atoms. The molecule has 1 saturated heterocycles. The number of urea groups is 1. The lowest BCUT2D eigenvalue weighted by atomic mass is 10.0. The Labute approximate surface area is 172 Å². The van der Waals surface area contributed by atoms with Crippen molar-refractivity contribution in [2.75, 3.05) is 20.2 Å². The van der Waals surface area contributed by atoms with Gasteiger partial charge in [-0.15, -0.1) is 0 Å². The van der Waals surface area contributed by atoms with E-state index in [2.05, 4.69) is 46.7 Å². The van der Waals surface area contributed by atoms with Crippen molar-refractivity contribution in [3.63, 3.8) is 0 Å². The monoisotopic (exact) mass is 399 g/mol. The number of hydrogen-bond acceptors (Lipinski definition) is 3. The van der Waals surface area contributed by atoms with Gasteiger partial charge >= 0.3 is 6.03 Å². The fourth-order valence-electron chi connectivity index (χ4n) is 3.85. The highest BCUT2D eigenvalue weighted by atomic mass is 19.1. The second kappa shape index (κ2) is 9.74. The van der Waals surface area contributed by atoms with Gasteiger partial charge in [-0.3, -0.25) is 4.90 Å². The summed E-state index contributed by atoms with van der Waals surface area (Å²) in [6, 6.07) is 12.5. The number of amides is 2. The van der Waals surface area contributed by atoms with Gasteiger partial charge in [0.25, 0.3) is 0 Å². The first-order valence-corrected chi connectivity index (χ1v) is 10.1. The number of likely N-dealkylation sites (tertiary alicyclic amines) is 1. The van der Waals surface area contributed by atoms with E-state index < -0.39 is 0 Å². The Morgan fingerprint density at radius 3 is 2.69 bits per heavy atom. The first-order valence-electron chi connectivity index (χ1n) is 10.1. The van der Waals surface area contributed by atoms with E-state index in [1.54, 1.807) is 6.07 Å². The van der Waals surface area contributed by atoms with Gasteiger partial charge in [0.05, 0.1) is 13.2 Å². The summed E-state index contributed by atoms with van der Waals surface area (Å²) in [5, 5.41) is 5.95. The van der Waals surface area contributed by atoms with Gasteiger partial charge in [0.1, 0.15) is 11.6 Å². The number of hydrogen-bond donors (Lipinski definition) is 2. The van der Waals surface area contributed by atoms with Crippen LogP contribution in [0.4, 0.5) is 9.18 Å². The second-order valence-electron chi connectivity index (χ2n) is 7.77. The summed E-state index contributed by atoms with van der Waals surface area (Å²) >= 11 is 0. The molecule has 0 aromatic heterocycles. The lowest BCUT2D eigenvalue weighted by molar-refractivity contribution is 0.186. The molecular weight excluding hydrogens is 369 g/mol. The minimum atomic E-state index is -0.359. The average Bonchev–Trinajstić information content (AvgIpc) is 2.69. The van der Waals surface area contributed by atoms with Crippen LogP contribution >= 0.6 is 0 Å². The van der Waals surface area contributed by atoms with E-state index in [0.717, 1.165) is 32.5 Å². The summed E-state index contributed by atoms with van der Waals surface area (Å²) in [6.45, 7) is 6.77. The molecule has 3 rings (SSSR count). The van der Waals surface area contributed by atoms with E-state index in [1.165, 1.54) is 30.4 Å². The zero-order chi connectivity index (χ0) is 20.8. The van der Waals surface area contributed by atoms with Gasteiger partial charge in [-0.1, -0.05) is 29.8 Å². The first kappa shape index (κ1) is 21.1. The maximum absolute atomic E-state index is 13.6. The summed E-state index contributed by atoms with van der Waals surface area (Å²) in [6.07, 6.45) is 1.83. The predicted octanol–water partition coefficient (Wildman–Crippen LogP) is 4.17. The minimum Gasteiger partial charge on any atom is -0.496 e. The van der Waals surface area contributed by atoms with Crippen LogP contribution in [0.2, 0.25) is 0 Å². The molecule has 2 aromatic rings. The lowest BCUT2D eigenvalue weighted by Gasteiger charge is -2.32. The molecule has 1 atom stereocenters. The minimum absolute atomic E-state index is 0.144. The number of benzene rings is 2. The number of carbonyl (C=O) groups is 1. The quantitative estimate of drug-likeness (QED) is 0.767. The molecule has 1 aliphatic heterocycles. The van der Waals surface area contributed by atoms with Crippen LogP contribution in [0.25, 0.3) is 0 Å². The molecule has 0 aliphatic carbocycles. The molecule has 0 radical (unpaired) electrons. The number of methoxy groups -OCH3 is 1. The molecule has 0 saturated carbocycles. The van der Waals surface area contributed by atoms with Crippen molar-refractivity contribution in [3.05, 3.63) is 65.0 Å². The summed E-state index contributed by atoms with van der Waals surface area (Å²) in [5.41, 5.74) is 3.22. The van der Waals surface area contributed by atoms with Gasteiger partial charge in [0, 0.05) is 31.2 Å². The van der Waals surface area contributed by atoms with Crippen molar-refractivity contribution in [2.45, 2.75) is 45.3 Å². The largest absolute Gasteiger partial charge is 0.496 e. The Kier molecular flexibility index (Phi) is 7.09. The highest BCUT2D eigenvalue weighted by Crippen LogP contribution is 2.25. The van der Waals surface area contributed by atoms with E-state index >= 15 is 0 Å². The van der Waals surface area contributed by atoms with Crippen LogP contribution in [0.3, 0.4) is 0 Å². The van der Waals surface area contributed by atoms with Crippen LogP contribution in [0.5, 0.6) is 5.75 Å². The molecule has 2 amide bonds. The van der Waals surface area contributed by atoms with E-state index in [4.69, 9.17) is 4.74 Å². The molecule has 1 aliphatic rings. The highest BCUT2D eigenvalue weighted by Gasteiger charge is 2.22. The standard InChI is InChI=1S/C23H30FN3O2/c1-16-5-4-6-18(13-16)15-27-11-9-20(10-12-27)26-23(28)25-17(2)21-14-19(24)7-8-22(21)29-3/h4-8,13-14,17,20H,9-12,15H2,1-3H3,(H2,25,26,28)/t17-/m1/s1.